The summed E-state index contributed by atoms with van der Waals surface area (Å²) in [6, 6.07) is 7.41. The van der Waals surface area contributed by atoms with E-state index in [4.69, 9.17) is 24.4 Å². The molecule has 0 bridgehead atoms. The number of fused-ring (bicyclic) bond motifs is 1. The lowest BCUT2D eigenvalue weighted by atomic mass is 10.0. The minimum atomic E-state index is -4.03. The van der Waals surface area contributed by atoms with Crippen molar-refractivity contribution in [1.29, 1.82) is 0 Å². The number of allylic oxidation sites excluding steroid dienone is 1. The van der Waals surface area contributed by atoms with E-state index in [9.17, 15) is 27.2 Å². The third-order valence-corrected chi connectivity index (χ3v) is 15.4. The number of amides is 3. The van der Waals surface area contributed by atoms with Gasteiger partial charge in [-0.05, 0) is 88.6 Å². The summed E-state index contributed by atoms with van der Waals surface area (Å²) in [5.41, 5.74) is 1.04. The topological polar surface area (TPSA) is 182 Å². The van der Waals surface area contributed by atoms with Gasteiger partial charge in [0, 0.05) is 29.0 Å². The maximum absolute atomic E-state index is 14.9. The second-order valence-electron chi connectivity index (χ2n) is 17.4. The second-order valence-corrected chi connectivity index (χ2v) is 20.4. The number of aromatic nitrogens is 3. The number of ether oxygens (including phenoxy) is 2. The lowest BCUT2D eigenvalue weighted by Gasteiger charge is -2.30. The van der Waals surface area contributed by atoms with Crippen molar-refractivity contribution < 1.29 is 36.7 Å². The van der Waals surface area contributed by atoms with Gasteiger partial charge in [0.25, 0.3) is 5.91 Å². The summed E-state index contributed by atoms with van der Waals surface area (Å²) in [7, 11) is -2.45. The fourth-order valence-electron chi connectivity index (χ4n) is 8.05. The number of anilines is 1. The summed E-state index contributed by atoms with van der Waals surface area (Å²) in [6.45, 7) is 15.2. The Labute approximate surface area is 372 Å². The SMILES string of the molecule is C=CCCCCC[C@H](Nc1cccc(F)c1)C(=O)N1C[C@H](Oc2nc(-c3nc(C(C)C)cs3)nc3c(C)c(OC)ccc23)C[C@H]1C(=O)N[C@]1(C(=O)NS(=O)(=O)C2(C)CC2)C[C@H]1C=C. The molecule has 2 saturated carbocycles. The predicted octanol–water partition coefficient (Wildman–Crippen LogP) is 7.36. The molecule has 3 aliphatic rings. The number of aryl methyl sites for hydroxylation is 1. The zero-order chi connectivity index (χ0) is 45.3. The molecule has 1 aliphatic heterocycles. The average Bonchev–Trinajstić information content (AvgIpc) is 4.04. The average molecular weight is 902 g/mol. The quantitative estimate of drug-likeness (QED) is 0.0596. The first-order valence-corrected chi connectivity index (χ1v) is 23.8. The predicted molar refractivity (Wildman–Crippen MR) is 242 cm³/mol. The van der Waals surface area contributed by atoms with Gasteiger partial charge in [-0.1, -0.05) is 44.9 Å². The molecule has 3 heterocycles. The fraction of sp³-hybridized carbons (Fsp3) is 0.478. The Balaban J connectivity index is 1.24. The molecule has 0 radical (unpaired) electrons. The molecule has 1 saturated heterocycles. The lowest BCUT2D eigenvalue weighted by molar-refractivity contribution is -0.140. The van der Waals surface area contributed by atoms with Crippen LogP contribution in [-0.2, 0) is 24.4 Å². The molecule has 14 nitrogen and oxygen atoms in total. The van der Waals surface area contributed by atoms with Gasteiger partial charge in [-0.25, -0.2) is 22.8 Å². The standard InChI is InChI=1S/C46H56FN7O7S2/c1-8-10-11-12-13-17-34(48-31-16-14-15-30(47)22-31)43(56)54-25-32(23-36(54)40(55)52-46(24-29(46)9-2)44(57)53-63(58,59)45(6)20-21-45)61-41-33-18-19-37(60-7)28(5)38(33)50-39(51-41)42-49-35(26-62-42)27(3)4/h8-9,14-16,18-19,22,26-27,29,32,34,36,48H,1-2,10-13,17,20-21,23-25H2,3-7H3,(H,52,55)(H,53,57)/t29-,32-,34+,36+,46-/m1/s1. The number of methoxy groups -OCH3 is 1. The molecular formula is C46H56FN7O7S2. The minimum Gasteiger partial charge on any atom is -0.496 e. The number of unbranched alkanes of at least 4 members (excludes halogenated alkanes) is 3. The van der Waals surface area contributed by atoms with Crippen LogP contribution in [0.2, 0.25) is 0 Å². The molecule has 3 amide bonds. The first-order valence-electron chi connectivity index (χ1n) is 21.5. The number of hydrogen-bond acceptors (Lipinski definition) is 12. The number of thiazole rings is 1. The van der Waals surface area contributed by atoms with Gasteiger partial charge >= 0.3 is 0 Å². The van der Waals surface area contributed by atoms with E-state index >= 15 is 0 Å². The molecule has 0 unspecified atom stereocenters. The molecule has 3 N–H and O–H groups in total. The number of halogens is 1. The van der Waals surface area contributed by atoms with E-state index in [0.29, 0.717) is 58.9 Å². The van der Waals surface area contributed by atoms with Crippen molar-refractivity contribution >= 4 is 55.7 Å². The first-order chi connectivity index (χ1) is 30.0. The van der Waals surface area contributed by atoms with E-state index in [-0.39, 0.29) is 31.2 Å². The van der Waals surface area contributed by atoms with Gasteiger partial charge in [-0.3, -0.25) is 19.1 Å². The number of carbonyl (C=O) groups excluding carboxylic acids is 3. The van der Waals surface area contributed by atoms with Gasteiger partial charge in [0.2, 0.25) is 27.7 Å². The molecule has 7 rings (SSSR count). The Hall–Kier alpha value is -5.42. The number of sulfonamides is 1. The molecule has 2 aromatic carbocycles. The fourth-order valence-corrected chi connectivity index (χ4v) is 10.3. The maximum atomic E-state index is 14.9. The lowest BCUT2D eigenvalue weighted by Crippen LogP contribution is -2.58. The van der Waals surface area contributed by atoms with Crippen molar-refractivity contribution in [3.63, 3.8) is 0 Å². The van der Waals surface area contributed by atoms with Crippen molar-refractivity contribution in [1.82, 2.24) is 29.9 Å². The van der Waals surface area contributed by atoms with Crippen LogP contribution in [0.25, 0.3) is 21.7 Å². The van der Waals surface area contributed by atoms with Crippen LogP contribution in [0.3, 0.4) is 0 Å². The number of rotatable bonds is 20. The first kappa shape index (κ1) is 45.6. The highest BCUT2D eigenvalue weighted by Gasteiger charge is 2.63. The molecule has 63 heavy (non-hydrogen) atoms. The van der Waals surface area contributed by atoms with Crippen molar-refractivity contribution in [2.75, 3.05) is 19.0 Å². The highest BCUT2D eigenvalue weighted by atomic mass is 32.2. The number of likely N-dealkylation sites (tertiary alicyclic amines) is 1. The summed E-state index contributed by atoms with van der Waals surface area (Å²) >= 11 is 1.41. The van der Waals surface area contributed by atoms with Crippen molar-refractivity contribution in [3.05, 3.63) is 84.2 Å². The van der Waals surface area contributed by atoms with Crippen molar-refractivity contribution in [3.8, 4) is 22.5 Å². The van der Waals surface area contributed by atoms with Crippen molar-refractivity contribution in [2.45, 2.75) is 120 Å². The summed E-state index contributed by atoms with van der Waals surface area (Å²) in [5.74, 6) is -1.60. The molecular weight excluding hydrogens is 846 g/mol. The van der Waals surface area contributed by atoms with Crippen LogP contribution in [0.4, 0.5) is 10.1 Å². The van der Waals surface area contributed by atoms with Crippen molar-refractivity contribution in [2.24, 2.45) is 5.92 Å². The second kappa shape index (κ2) is 18.4. The van der Waals surface area contributed by atoms with E-state index in [2.05, 4.69) is 42.4 Å². The molecule has 17 heteroatoms. The summed E-state index contributed by atoms with van der Waals surface area (Å²) < 4.78 is 54.3. The summed E-state index contributed by atoms with van der Waals surface area (Å²) in [6.07, 6.45) is 7.06. The zero-order valence-electron chi connectivity index (χ0n) is 36.4. The molecule has 4 aromatic rings. The smallest absolute Gasteiger partial charge is 0.259 e. The van der Waals surface area contributed by atoms with Crippen LogP contribution in [0.15, 0.2) is 67.1 Å². The summed E-state index contributed by atoms with van der Waals surface area (Å²) in [5, 5.41) is 9.23. The number of hydrogen-bond donors (Lipinski definition) is 3. The number of nitrogens with zero attached hydrogens (tertiary/aromatic N) is 4. The van der Waals surface area contributed by atoms with Gasteiger partial charge in [0.1, 0.15) is 35.3 Å². The maximum Gasteiger partial charge on any atom is 0.259 e. The third-order valence-electron chi connectivity index (χ3n) is 12.4. The highest BCUT2D eigenvalue weighted by Crippen LogP contribution is 2.47. The van der Waals surface area contributed by atoms with Gasteiger partial charge in [0.15, 0.2) is 10.8 Å². The third kappa shape index (κ3) is 9.59. The Kier molecular flexibility index (Phi) is 13.3. The van der Waals surface area contributed by atoms with E-state index in [1.54, 1.807) is 38.3 Å². The Morgan fingerprint density at radius 3 is 2.52 bits per heavy atom. The number of nitrogens with one attached hydrogen (secondary N) is 3. The van der Waals surface area contributed by atoms with E-state index in [0.717, 1.165) is 30.5 Å². The van der Waals surface area contributed by atoms with Crippen LogP contribution >= 0.6 is 11.3 Å². The summed E-state index contributed by atoms with van der Waals surface area (Å²) in [4.78, 5) is 59.5. The highest BCUT2D eigenvalue weighted by molar-refractivity contribution is 7.91. The van der Waals surface area contributed by atoms with Gasteiger partial charge in [-0.2, -0.15) is 4.98 Å². The molecule has 0 spiro atoms. The minimum absolute atomic E-state index is 0.00112. The largest absolute Gasteiger partial charge is 0.496 e. The Morgan fingerprint density at radius 1 is 1.10 bits per heavy atom. The van der Waals surface area contributed by atoms with E-state index in [1.165, 1.54) is 34.4 Å². The van der Waals surface area contributed by atoms with Crippen LogP contribution in [0.5, 0.6) is 11.6 Å². The monoisotopic (exact) mass is 901 g/mol. The van der Waals surface area contributed by atoms with Crippen LogP contribution in [0, 0.1) is 18.7 Å². The van der Waals surface area contributed by atoms with Gasteiger partial charge in [-0.15, -0.1) is 24.5 Å². The van der Waals surface area contributed by atoms with Gasteiger partial charge < -0.3 is 25.0 Å². The van der Waals surface area contributed by atoms with Crippen LogP contribution in [-0.4, -0.2) is 88.1 Å². The number of carbonyl (C=O) groups is 3. The van der Waals surface area contributed by atoms with Crippen LogP contribution in [0.1, 0.15) is 95.7 Å². The number of benzene rings is 2. The Morgan fingerprint density at radius 2 is 1.87 bits per heavy atom. The zero-order valence-corrected chi connectivity index (χ0v) is 38.0. The molecule has 2 aromatic heterocycles. The molecule has 5 atom stereocenters. The molecule has 3 fully saturated rings. The molecule has 2 aliphatic carbocycles. The van der Waals surface area contributed by atoms with E-state index < -0.39 is 68.0 Å². The van der Waals surface area contributed by atoms with E-state index in [1.807, 2.05) is 18.4 Å². The van der Waals surface area contributed by atoms with Crippen LogP contribution < -0.4 is 24.8 Å². The van der Waals surface area contributed by atoms with Gasteiger partial charge in [0.05, 0.1) is 35.0 Å². The Bertz CT molecular complexity index is 2530. The molecule has 336 valence electrons. The normalized spacial score (nSPS) is 21.7.